The Morgan fingerprint density at radius 3 is 2.03 bits per heavy atom. The first-order valence-corrected chi connectivity index (χ1v) is 10.2. The quantitative estimate of drug-likeness (QED) is 0.447. The third-order valence-corrected chi connectivity index (χ3v) is 5.36. The number of rotatable bonds is 6. The lowest BCUT2D eigenvalue weighted by Gasteiger charge is -2.36. The molecule has 0 aliphatic carbocycles. The van der Waals surface area contributed by atoms with E-state index in [-0.39, 0.29) is 5.78 Å². The van der Waals surface area contributed by atoms with Crippen LogP contribution < -0.4 is 4.90 Å². The summed E-state index contributed by atoms with van der Waals surface area (Å²) in [5.41, 5.74) is 4.31. The SMILES string of the molecule is O=C(/C=C/c1ccccc1)c1ccc(N2CCN(Cc3ccccc3)CC2)cc1. The maximum Gasteiger partial charge on any atom is 0.185 e. The predicted molar refractivity (Wildman–Crippen MR) is 120 cm³/mol. The van der Waals surface area contributed by atoms with Crippen molar-refractivity contribution in [2.24, 2.45) is 0 Å². The molecule has 0 N–H and O–H groups in total. The fourth-order valence-electron chi connectivity index (χ4n) is 3.67. The van der Waals surface area contributed by atoms with Crippen molar-refractivity contribution in [1.29, 1.82) is 0 Å². The molecule has 0 radical (unpaired) electrons. The molecule has 3 heteroatoms. The minimum absolute atomic E-state index is 0.0353. The summed E-state index contributed by atoms with van der Waals surface area (Å²) in [6.45, 7) is 5.13. The van der Waals surface area contributed by atoms with Gasteiger partial charge in [-0.05, 0) is 41.5 Å². The zero-order chi connectivity index (χ0) is 19.9. The van der Waals surface area contributed by atoms with Crippen LogP contribution in [-0.4, -0.2) is 36.9 Å². The molecule has 1 aliphatic heterocycles. The molecular formula is C26H26N2O. The molecule has 1 aliphatic rings. The Kier molecular flexibility index (Phi) is 6.18. The molecule has 29 heavy (non-hydrogen) atoms. The van der Waals surface area contributed by atoms with E-state index in [1.54, 1.807) is 6.08 Å². The van der Waals surface area contributed by atoms with E-state index in [1.807, 2.05) is 48.5 Å². The highest BCUT2D eigenvalue weighted by Gasteiger charge is 2.17. The lowest BCUT2D eigenvalue weighted by Crippen LogP contribution is -2.45. The van der Waals surface area contributed by atoms with Crippen LogP contribution in [0.25, 0.3) is 6.08 Å². The van der Waals surface area contributed by atoms with Gasteiger partial charge in [-0.15, -0.1) is 0 Å². The number of carbonyl (C=O) groups excluding carboxylic acids is 1. The highest BCUT2D eigenvalue weighted by Crippen LogP contribution is 2.19. The summed E-state index contributed by atoms with van der Waals surface area (Å²) in [5, 5.41) is 0. The fourth-order valence-corrected chi connectivity index (χ4v) is 3.67. The highest BCUT2D eigenvalue weighted by molar-refractivity contribution is 6.06. The molecule has 0 aromatic heterocycles. The van der Waals surface area contributed by atoms with Crippen molar-refractivity contribution in [3.8, 4) is 0 Å². The van der Waals surface area contributed by atoms with Crippen LogP contribution in [0.3, 0.4) is 0 Å². The summed E-state index contributed by atoms with van der Waals surface area (Å²) in [4.78, 5) is 17.3. The second kappa shape index (κ2) is 9.35. The molecule has 3 nitrogen and oxygen atoms in total. The second-order valence-electron chi connectivity index (χ2n) is 7.40. The van der Waals surface area contributed by atoms with Crippen molar-refractivity contribution in [1.82, 2.24) is 4.90 Å². The largest absolute Gasteiger partial charge is 0.369 e. The van der Waals surface area contributed by atoms with E-state index in [1.165, 1.54) is 11.3 Å². The van der Waals surface area contributed by atoms with Gasteiger partial charge in [-0.3, -0.25) is 9.69 Å². The van der Waals surface area contributed by atoms with Crippen molar-refractivity contribution in [3.05, 3.63) is 108 Å². The minimum Gasteiger partial charge on any atom is -0.369 e. The van der Waals surface area contributed by atoms with E-state index in [2.05, 4.69) is 52.3 Å². The average molecular weight is 383 g/mol. The highest BCUT2D eigenvalue weighted by atomic mass is 16.1. The van der Waals surface area contributed by atoms with Crippen molar-refractivity contribution >= 4 is 17.5 Å². The molecular weight excluding hydrogens is 356 g/mol. The average Bonchev–Trinajstić information content (AvgIpc) is 2.79. The van der Waals surface area contributed by atoms with Gasteiger partial charge in [-0.1, -0.05) is 66.7 Å². The van der Waals surface area contributed by atoms with Gasteiger partial charge in [0.25, 0.3) is 0 Å². The number of anilines is 1. The van der Waals surface area contributed by atoms with Crippen molar-refractivity contribution in [3.63, 3.8) is 0 Å². The number of benzene rings is 3. The first-order chi connectivity index (χ1) is 14.3. The molecule has 0 amide bonds. The third kappa shape index (κ3) is 5.21. The van der Waals surface area contributed by atoms with Crippen molar-refractivity contribution < 1.29 is 4.79 Å². The summed E-state index contributed by atoms with van der Waals surface area (Å²) in [6.07, 6.45) is 3.51. The van der Waals surface area contributed by atoms with Crippen LogP contribution in [0, 0.1) is 0 Å². The number of allylic oxidation sites excluding steroid dienone is 1. The molecule has 3 aromatic rings. The predicted octanol–water partition coefficient (Wildman–Crippen LogP) is 4.90. The van der Waals surface area contributed by atoms with Gasteiger partial charge >= 0.3 is 0 Å². The molecule has 146 valence electrons. The Morgan fingerprint density at radius 1 is 0.759 bits per heavy atom. The van der Waals surface area contributed by atoms with Crippen molar-refractivity contribution in [2.75, 3.05) is 31.1 Å². The smallest absolute Gasteiger partial charge is 0.185 e. The zero-order valence-electron chi connectivity index (χ0n) is 16.6. The van der Waals surface area contributed by atoms with E-state index >= 15 is 0 Å². The molecule has 1 fully saturated rings. The van der Waals surface area contributed by atoms with Crippen LogP contribution in [0.15, 0.2) is 91.0 Å². The number of nitrogens with zero attached hydrogens (tertiary/aromatic N) is 2. The minimum atomic E-state index is 0.0353. The first kappa shape index (κ1) is 19.2. The lowest BCUT2D eigenvalue weighted by atomic mass is 10.1. The molecule has 0 saturated carbocycles. The summed E-state index contributed by atoms with van der Waals surface area (Å²) in [7, 11) is 0. The van der Waals surface area contributed by atoms with Crippen LogP contribution in [0.5, 0.6) is 0 Å². The molecule has 1 heterocycles. The maximum atomic E-state index is 12.4. The van der Waals surface area contributed by atoms with Gasteiger partial charge in [0.15, 0.2) is 5.78 Å². The van der Waals surface area contributed by atoms with Gasteiger partial charge in [0.2, 0.25) is 0 Å². The summed E-state index contributed by atoms with van der Waals surface area (Å²) in [5.74, 6) is 0.0353. The first-order valence-electron chi connectivity index (χ1n) is 10.2. The summed E-state index contributed by atoms with van der Waals surface area (Å²) >= 11 is 0. The Hall–Kier alpha value is -3.17. The number of hydrogen-bond acceptors (Lipinski definition) is 3. The van der Waals surface area contributed by atoms with E-state index in [9.17, 15) is 4.79 Å². The van der Waals surface area contributed by atoms with E-state index < -0.39 is 0 Å². The lowest BCUT2D eigenvalue weighted by molar-refractivity contribution is 0.104. The second-order valence-corrected chi connectivity index (χ2v) is 7.40. The standard InChI is InChI=1S/C26H26N2O/c29-26(16-11-22-7-3-1-4-8-22)24-12-14-25(15-13-24)28-19-17-27(18-20-28)21-23-9-5-2-6-10-23/h1-16H,17-21H2/b16-11+. The van der Waals surface area contributed by atoms with Gasteiger partial charge in [-0.2, -0.15) is 0 Å². The molecule has 0 atom stereocenters. The number of carbonyl (C=O) groups is 1. The number of piperazine rings is 1. The monoisotopic (exact) mass is 382 g/mol. The Labute approximate surface area is 172 Å². The van der Waals surface area contributed by atoms with Gasteiger partial charge in [0.1, 0.15) is 0 Å². The van der Waals surface area contributed by atoms with Gasteiger partial charge < -0.3 is 4.90 Å². The third-order valence-electron chi connectivity index (χ3n) is 5.36. The molecule has 4 rings (SSSR count). The molecule has 3 aromatic carbocycles. The molecule has 1 saturated heterocycles. The molecule has 0 unspecified atom stereocenters. The Bertz CT molecular complexity index is 941. The van der Waals surface area contributed by atoms with Gasteiger partial charge in [-0.25, -0.2) is 0 Å². The Morgan fingerprint density at radius 2 is 1.38 bits per heavy atom. The van der Waals surface area contributed by atoms with E-state index in [4.69, 9.17) is 0 Å². The van der Waals surface area contributed by atoms with Crippen LogP contribution in [0.2, 0.25) is 0 Å². The van der Waals surface area contributed by atoms with E-state index in [0.29, 0.717) is 0 Å². The molecule has 0 bridgehead atoms. The van der Waals surface area contributed by atoms with Gasteiger partial charge in [0, 0.05) is 44.0 Å². The number of hydrogen-bond donors (Lipinski definition) is 0. The molecule has 0 spiro atoms. The summed E-state index contributed by atoms with van der Waals surface area (Å²) in [6, 6.07) is 28.5. The van der Waals surface area contributed by atoms with Crippen LogP contribution >= 0.6 is 0 Å². The van der Waals surface area contributed by atoms with Gasteiger partial charge in [0.05, 0.1) is 0 Å². The Balaban J connectivity index is 1.31. The number of ketones is 1. The maximum absolute atomic E-state index is 12.4. The zero-order valence-corrected chi connectivity index (χ0v) is 16.6. The summed E-state index contributed by atoms with van der Waals surface area (Å²) < 4.78 is 0. The van der Waals surface area contributed by atoms with Crippen LogP contribution in [0.4, 0.5) is 5.69 Å². The van der Waals surface area contributed by atoms with E-state index in [0.717, 1.165) is 43.9 Å². The fraction of sp³-hybridized carbons (Fsp3) is 0.192. The van der Waals surface area contributed by atoms with Crippen LogP contribution in [0.1, 0.15) is 21.5 Å². The topological polar surface area (TPSA) is 23.6 Å². The van der Waals surface area contributed by atoms with Crippen molar-refractivity contribution in [2.45, 2.75) is 6.54 Å². The normalized spacial score (nSPS) is 15.0. The van der Waals surface area contributed by atoms with Crippen LogP contribution in [-0.2, 0) is 6.54 Å².